The van der Waals surface area contributed by atoms with Gasteiger partial charge in [-0.25, -0.2) is 4.79 Å². The van der Waals surface area contributed by atoms with Crippen LogP contribution in [0.2, 0.25) is 15.1 Å². The first kappa shape index (κ1) is 23.3. The van der Waals surface area contributed by atoms with Gasteiger partial charge in [0.25, 0.3) is 0 Å². The van der Waals surface area contributed by atoms with Gasteiger partial charge in [-0.15, -0.1) is 0 Å². The van der Waals surface area contributed by atoms with E-state index in [-0.39, 0.29) is 21.5 Å². The smallest absolute Gasteiger partial charge is 0.404 e. The average Bonchev–Trinajstić information content (AvgIpc) is 2.61. The van der Waals surface area contributed by atoms with E-state index in [4.69, 9.17) is 34.8 Å². The third-order valence-electron chi connectivity index (χ3n) is 4.33. The fraction of sp³-hybridized carbons (Fsp3) is 0.263. The van der Waals surface area contributed by atoms with Gasteiger partial charge in [0, 0.05) is 34.1 Å². The van der Waals surface area contributed by atoms with E-state index in [1.807, 2.05) is 0 Å². The maximum Gasteiger partial charge on any atom is 0.404 e. The number of hydrogen-bond donors (Lipinski definition) is 1. The Hall–Kier alpha value is -1.96. The standard InChI is InChI=1S/C19H15Cl3F3NO3/c1-26(14(18(28)29)9-10-5-2-3-6-11(10)20)17(27)16(19(23,24)25)15-12(21)7-4-8-13(15)22/h2-8,14,16H,9H2,1H3,(H,28,29). The summed E-state index contributed by atoms with van der Waals surface area (Å²) in [6.45, 7) is 0. The van der Waals surface area contributed by atoms with Crippen LogP contribution in [-0.4, -0.2) is 41.1 Å². The second kappa shape index (κ2) is 9.24. The number of carboxylic acids is 1. The van der Waals surface area contributed by atoms with E-state index < -0.39 is 35.6 Å². The number of halogens is 6. The first-order valence-electron chi connectivity index (χ1n) is 8.18. The van der Waals surface area contributed by atoms with Crippen LogP contribution in [0.3, 0.4) is 0 Å². The van der Waals surface area contributed by atoms with Crippen LogP contribution in [0.15, 0.2) is 42.5 Å². The first-order chi connectivity index (χ1) is 13.4. The summed E-state index contributed by atoms with van der Waals surface area (Å²) in [6, 6.07) is 8.36. The molecule has 0 heterocycles. The molecule has 0 aliphatic carbocycles. The zero-order chi connectivity index (χ0) is 21.9. The second-order valence-corrected chi connectivity index (χ2v) is 7.43. The molecule has 0 fully saturated rings. The summed E-state index contributed by atoms with van der Waals surface area (Å²) >= 11 is 17.8. The first-order valence-corrected chi connectivity index (χ1v) is 9.32. The van der Waals surface area contributed by atoms with Crippen molar-refractivity contribution >= 4 is 46.7 Å². The molecular formula is C19H15Cl3F3NO3. The predicted molar refractivity (Wildman–Crippen MR) is 105 cm³/mol. The molecule has 0 aromatic heterocycles. The number of aliphatic carboxylic acids is 1. The third kappa shape index (κ3) is 5.35. The summed E-state index contributed by atoms with van der Waals surface area (Å²) < 4.78 is 41.4. The number of alkyl halides is 3. The van der Waals surface area contributed by atoms with E-state index in [1.54, 1.807) is 12.1 Å². The highest BCUT2D eigenvalue weighted by atomic mass is 35.5. The fourth-order valence-electron chi connectivity index (χ4n) is 2.83. The molecule has 29 heavy (non-hydrogen) atoms. The Labute approximate surface area is 179 Å². The van der Waals surface area contributed by atoms with Crippen molar-refractivity contribution in [2.24, 2.45) is 0 Å². The lowest BCUT2D eigenvalue weighted by atomic mass is 9.95. The molecule has 0 bridgehead atoms. The number of rotatable bonds is 6. The monoisotopic (exact) mass is 467 g/mol. The molecule has 2 aromatic rings. The van der Waals surface area contributed by atoms with E-state index in [2.05, 4.69) is 0 Å². The highest BCUT2D eigenvalue weighted by Gasteiger charge is 2.50. The van der Waals surface area contributed by atoms with E-state index in [9.17, 15) is 27.9 Å². The van der Waals surface area contributed by atoms with Gasteiger partial charge >= 0.3 is 12.1 Å². The number of carboxylic acid groups (broad SMARTS) is 1. The Balaban J connectivity index is 2.46. The van der Waals surface area contributed by atoms with Gasteiger partial charge in [0.2, 0.25) is 5.91 Å². The van der Waals surface area contributed by atoms with Crippen LogP contribution in [0.1, 0.15) is 17.0 Å². The average molecular weight is 469 g/mol. The Morgan fingerprint density at radius 1 is 1.00 bits per heavy atom. The van der Waals surface area contributed by atoms with Gasteiger partial charge in [-0.05, 0) is 23.8 Å². The largest absolute Gasteiger partial charge is 0.480 e. The normalized spacial score (nSPS) is 13.6. The number of amides is 1. The molecule has 0 aliphatic heterocycles. The van der Waals surface area contributed by atoms with Crippen molar-refractivity contribution < 1.29 is 27.9 Å². The van der Waals surface area contributed by atoms with E-state index >= 15 is 0 Å². The van der Waals surface area contributed by atoms with Crippen LogP contribution < -0.4 is 0 Å². The van der Waals surface area contributed by atoms with Crippen LogP contribution in [0.5, 0.6) is 0 Å². The summed E-state index contributed by atoms with van der Waals surface area (Å²) in [6.07, 6.45) is -5.33. The van der Waals surface area contributed by atoms with Gasteiger partial charge in [-0.3, -0.25) is 4.79 Å². The topological polar surface area (TPSA) is 57.6 Å². The number of nitrogens with zero attached hydrogens (tertiary/aromatic N) is 1. The summed E-state index contributed by atoms with van der Waals surface area (Å²) in [5, 5.41) is 9.08. The minimum atomic E-state index is -5.05. The minimum Gasteiger partial charge on any atom is -0.480 e. The molecule has 0 saturated heterocycles. The Bertz CT molecular complexity index is 901. The van der Waals surface area contributed by atoms with E-state index in [0.717, 1.165) is 7.05 Å². The van der Waals surface area contributed by atoms with Crippen molar-refractivity contribution in [2.75, 3.05) is 7.05 Å². The molecule has 1 amide bonds. The zero-order valence-electron chi connectivity index (χ0n) is 14.9. The molecule has 10 heteroatoms. The minimum absolute atomic E-state index is 0.237. The molecule has 2 aromatic carbocycles. The molecule has 2 unspecified atom stereocenters. The predicted octanol–water partition coefficient (Wildman–Crippen LogP) is 5.45. The van der Waals surface area contributed by atoms with Crippen LogP contribution in [0.25, 0.3) is 0 Å². The molecule has 0 spiro atoms. The van der Waals surface area contributed by atoms with Crippen molar-refractivity contribution in [3.8, 4) is 0 Å². The van der Waals surface area contributed by atoms with Crippen LogP contribution in [0.4, 0.5) is 13.2 Å². The van der Waals surface area contributed by atoms with Gasteiger partial charge in [-0.1, -0.05) is 59.1 Å². The molecular weight excluding hydrogens is 454 g/mol. The summed E-state index contributed by atoms with van der Waals surface area (Å²) in [5.74, 6) is -5.69. The highest BCUT2D eigenvalue weighted by Crippen LogP contribution is 2.42. The quantitative estimate of drug-likeness (QED) is 0.614. The lowest BCUT2D eigenvalue weighted by Crippen LogP contribution is -2.48. The van der Waals surface area contributed by atoms with Crippen LogP contribution >= 0.6 is 34.8 Å². The van der Waals surface area contributed by atoms with Gasteiger partial charge in [0.05, 0.1) is 0 Å². The highest BCUT2D eigenvalue weighted by molar-refractivity contribution is 6.36. The van der Waals surface area contributed by atoms with Crippen molar-refractivity contribution in [1.29, 1.82) is 0 Å². The lowest BCUT2D eigenvalue weighted by molar-refractivity contribution is -0.175. The third-order valence-corrected chi connectivity index (χ3v) is 5.36. The number of benzene rings is 2. The number of hydrogen-bond acceptors (Lipinski definition) is 2. The Kier molecular flexibility index (Phi) is 7.43. The number of carbonyl (C=O) groups is 2. The van der Waals surface area contributed by atoms with Gasteiger partial charge in [-0.2, -0.15) is 13.2 Å². The summed E-state index contributed by atoms with van der Waals surface area (Å²) in [7, 11) is 0.988. The second-order valence-electron chi connectivity index (χ2n) is 6.21. The summed E-state index contributed by atoms with van der Waals surface area (Å²) in [4.78, 5) is 25.1. The lowest BCUT2D eigenvalue weighted by Gasteiger charge is -2.31. The molecule has 2 atom stereocenters. The maximum atomic E-state index is 13.8. The number of carbonyl (C=O) groups excluding carboxylic acids is 1. The van der Waals surface area contributed by atoms with Crippen molar-refractivity contribution in [3.05, 3.63) is 68.7 Å². The van der Waals surface area contributed by atoms with Gasteiger partial charge < -0.3 is 10.0 Å². The van der Waals surface area contributed by atoms with Crippen LogP contribution in [0, 0.1) is 0 Å². The Morgan fingerprint density at radius 3 is 2.00 bits per heavy atom. The van der Waals surface area contributed by atoms with Gasteiger partial charge in [0.15, 0.2) is 5.92 Å². The zero-order valence-corrected chi connectivity index (χ0v) is 17.1. The van der Waals surface area contributed by atoms with Crippen molar-refractivity contribution in [3.63, 3.8) is 0 Å². The maximum absolute atomic E-state index is 13.8. The molecule has 0 saturated carbocycles. The molecule has 0 radical (unpaired) electrons. The van der Waals surface area contributed by atoms with Crippen LogP contribution in [-0.2, 0) is 16.0 Å². The van der Waals surface area contributed by atoms with Crippen molar-refractivity contribution in [1.82, 2.24) is 4.90 Å². The molecule has 1 N–H and O–H groups in total. The van der Waals surface area contributed by atoms with E-state index in [1.165, 1.54) is 30.3 Å². The Morgan fingerprint density at radius 2 is 1.52 bits per heavy atom. The summed E-state index contributed by atoms with van der Waals surface area (Å²) in [5.41, 5.74) is -0.248. The molecule has 156 valence electrons. The molecule has 2 rings (SSSR count). The van der Waals surface area contributed by atoms with Crippen molar-refractivity contribution in [2.45, 2.75) is 24.6 Å². The van der Waals surface area contributed by atoms with Gasteiger partial charge in [0.1, 0.15) is 6.04 Å². The SMILES string of the molecule is CN(C(=O)C(c1c(Cl)cccc1Cl)C(F)(F)F)C(Cc1ccccc1Cl)C(=O)O. The number of likely N-dealkylation sites (N-methyl/N-ethyl adjacent to an activating group) is 1. The fourth-order valence-corrected chi connectivity index (χ4v) is 3.66. The van der Waals surface area contributed by atoms with E-state index in [0.29, 0.717) is 10.5 Å². The molecule has 0 aliphatic rings. The molecule has 4 nitrogen and oxygen atoms in total.